The summed E-state index contributed by atoms with van der Waals surface area (Å²) in [5, 5.41) is 6.13. The number of sulfonamides is 1. The van der Waals surface area contributed by atoms with Crippen LogP contribution in [-0.4, -0.2) is 19.4 Å². The van der Waals surface area contributed by atoms with E-state index < -0.39 is 16.1 Å². The van der Waals surface area contributed by atoms with Crippen LogP contribution in [0.5, 0.6) is 0 Å². The molecule has 3 aromatic carbocycles. The molecule has 0 saturated heterocycles. The van der Waals surface area contributed by atoms with Gasteiger partial charge in [0.15, 0.2) is 5.13 Å². The van der Waals surface area contributed by atoms with Crippen molar-refractivity contribution in [2.45, 2.75) is 11.8 Å². The summed E-state index contributed by atoms with van der Waals surface area (Å²) < 4.78 is 28.2. The number of rotatable bonds is 5. The Labute approximate surface area is 188 Å². The van der Waals surface area contributed by atoms with Gasteiger partial charge in [0.1, 0.15) is 0 Å². The van der Waals surface area contributed by atoms with E-state index in [1.54, 1.807) is 48.5 Å². The average molecular weight is 473 g/mol. The molecule has 0 bridgehead atoms. The number of nitrogens with zero attached hydrogens (tertiary/aromatic N) is 1. The van der Waals surface area contributed by atoms with Gasteiger partial charge in [-0.05, 0) is 55.0 Å². The minimum atomic E-state index is -3.73. The van der Waals surface area contributed by atoms with E-state index in [1.165, 1.54) is 23.5 Å². The first kappa shape index (κ1) is 21.1. The summed E-state index contributed by atoms with van der Waals surface area (Å²) in [4.78, 5) is 16.8. The summed E-state index contributed by atoms with van der Waals surface area (Å²) in [6.07, 6.45) is 0. The van der Waals surface area contributed by atoms with Crippen LogP contribution in [0.25, 0.3) is 10.2 Å². The lowest BCUT2D eigenvalue weighted by Crippen LogP contribution is -2.19. The maximum absolute atomic E-state index is 12.5. The number of carbonyl (C=O) groups excluding carboxylic acids is 1. The van der Waals surface area contributed by atoms with Gasteiger partial charge < -0.3 is 10.6 Å². The number of hydrogen-bond acceptors (Lipinski definition) is 5. The first-order chi connectivity index (χ1) is 14.8. The highest BCUT2D eigenvalue weighted by molar-refractivity contribution is 7.93. The van der Waals surface area contributed by atoms with E-state index in [2.05, 4.69) is 20.3 Å². The summed E-state index contributed by atoms with van der Waals surface area (Å²) in [6, 6.07) is 18.1. The molecule has 10 heteroatoms. The standard InChI is InChI=1S/C21H17ClN4O3S2/c1-13-7-9-17(16(22)11-13)24-20(27)23-14-8-10-18-19(12-14)30-21(25-18)26-31(28,29)15-5-3-2-4-6-15/h2-12H,1H3,(H,25,26)(H2,23,24,27). The quantitative estimate of drug-likeness (QED) is 0.346. The number of thiazole rings is 1. The van der Waals surface area contributed by atoms with Crippen molar-refractivity contribution in [2.24, 2.45) is 0 Å². The monoisotopic (exact) mass is 472 g/mol. The first-order valence-electron chi connectivity index (χ1n) is 9.13. The van der Waals surface area contributed by atoms with Crippen LogP contribution in [0.15, 0.2) is 71.6 Å². The number of nitrogens with one attached hydrogen (secondary N) is 3. The van der Waals surface area contributed by atoms with Gasteiger partial charge in [-0.15, -0.1) is 0 Å². The van der Waals surface area contributed by atoms with E-state index in [4.69, 9.17) is 11.6 Å². The fourth-order valence-electron chi connectivity index (χ4n) is 2.83. The Morgan fingerprint density at radius 1 is 1.00 bits per heavy atom. The number of anilines is 3. The van der Waals surface area contributed by atoms with Crippen LogP contribution in [0.3, 0.4) is 0 Å². The maximum atomic E-state index is 12.5. The van der Waals surface area contributed by atoms with Gasteiger partial charge in [-0.2, -0.15) is 0 Å². The predicted molar refractivity (Wildman–Crippen MR) is 126 cm³/mol. The van der Waals surface area contributed by atoms with E-state index in [1.807, 2.05) is 13.0 Å². The number of halogens is 1. The van der Waals surface area contributed by atoms with Crippen molar-refractivity contribution >= 4 is 65.7 Å². The highest BCUT2D eigenvalue weighted by Crippen LogP contribution is 2.30. The SMILES string of the molecule is Cc1ccc(NC(=O)Nc2ccc3nc(NS(=O)(=O)c4ccccc4)sc3c2)c(Cl)c1. The summed E-state index contributed by atoms with van der Waals surface area (Å²) >= 11 is 7.32. The summed E-state index contributed by atoms with van der Waals surface area (Å²) in [5.74, 6) is 0. The van der Waals surface area contributed by atoms with Crippen molar-refractivity contribution in [3.63, 3.8) is 0 Å². The number of hydrogen-bond donors (Lipinski definition) is 3. The third-order valence-electron chi connectivity index (χ3n) is 4.29. The maximum Gasteiger partial charge on any atom is 0.323 e. The van der Waals surface area contributed by atoms with Crippen LogP contribution in [-0.2, 0) is 10.0 Å². The Kier molecular flexibility index (Phi) is 5.81. The molecule has 0 aliphatic rings. The van der Waals surface area contributed by atoms with Gasteiger partial charge in [-0.1, -0.05) is 47.2 Å². The molecule has 0 atom stereocenters. The molecule has 0 aliphatic carbocycles. The number of carbonyl (C=O) groups is 1. The minimum Gasteiger partial charge on any atom is -0.308 e. The lowest BCUT2D eigenvalue weighted by Gasteiger charge is -2.09. The predicted octanol–water partition coefficient (Wildman–Crippen LogP) is 5.70. The molecule has 0 saturated carbocycles. The average Bonchev–Trinajstić information content (AvgIpc) is 3.11. The van der Waals surface area contributed by atoms with Crippen LogP contribution in [0, 0.1) is 6.92 Å². The molecule has 2 amide bonds. The summed E-state index contributed by atoms with van der Waals surface area (Å²) in [5.41, 5.74) is 2.64. The summed E-state index contributed by atoms with van der Waals surface area (Å²) in [7, 11) is -3.73. The van der Waals surface area contributed by atoms with Gasteiger partial charge in [-0.3, -0.25) is 4.72 Å². The molecule has 1 heterocycles. The smallest absolute Gasteiger partial charge is 0.308 e. The lowest BCUT2D eigenvalue weighted by atomic mass is 10.2. The zero-order valence-corrected chi connectivity index (χ0v) is 18.6. The first-order valence-corrected chi connectivity index (χ1v) is 11.8. The molecule has 0 fully saturated rings. The van der Waals surface area contributed by atoms with Crippen LogP contribution in [0.1, 0.15) is 5.56 Å². The molecule has 3 N–H and O–H groups in total. The van der Waals surface area contributed by atoms with Crippen molar-refractivity contribution in [1.82, 2.24) is 4.98 Å². The molecule has 158 valence electrons. The third-order valence-corrected chi connectivity index (χ3v) is 7.02. The van der Waals surface area contributed by atoms with Crippen molar-refractivity contribution in [1.29, 1.82) is 0 Å². The van der Waals surface area contributed by atoms with Crippen LogP contribution < -0.4 is 15.4 Å². The van der Waals surface area contributed by atoms with Crippen molar-refractivity contribution in [2.75, 3.05) is 15.4 Å². The van der Waals surface area contributed by atoms with Gasteiger partial charge in [-0.25, -0.2) is 18.2 Å². The van der Waals surface area contributed by atoms with Gasteiger partial charge in [0.2, 0.25) is 0 Å². The zero-order chi connectivity index (χ0) is 22.0. The highest BCUT2D eigenvalue weighted by atomic mass is 35.5. The molecular formula is C21H17ClN4O3S2. The number of aromatic nitrogens is 1. The number of urea groups is 1. The van der Waals surface area contributed by atoms with E-state index in [0.717, 1.165) is 10.3 Å². The van der Waals surface area contributed by atoms with E-state index in [-0.39, 0.29) is 10.0 Å². The van der Waals surface area contributed by atoms with Crippen molar-refractivity contribution < 1.29 is 13.2 Å². The van der Waals surface area contributed by atoms with E-state index in [0.29, 0.717) is 21.9 Å². The van der Waals surface area contributed by atoms with Crippen molar-refractivity contribution in [3.8, 4) is 0 Å². The van der Waals surface area contributed by atoms with Crippen LogP contribution in [0.4, 0.5) is 21.3 Å². The third kappa shape index (κ3) is 4.96. The molecule has 0 unspecified atom stereocenters. The van der Waals surface area contributed by atoms with E-state index >= 15 is 0 Å². The Hall–Kier alpha value is -3.14. The Bertz CT molecular complexity index is 1370. The molecular weight excluding hydrogens is 456 g/mol. The lowest BCUT2D eigenvalue weighted by molar-refractivity contribution is 0.262. The van der Waals surface area contributed by atoms with Crippen LogP contribution >= 0.6 is 22.9 Å². The van der Waals surface area contributed by atoms with Gasteiger partial charge in [0.05, 0.1) is 25.8 Å². The van der Waals surface area contributed by atoms with E-state index in [9.17, 15) is 13.2 Å². The van der Waals surface area contributed by atoms with Crippen molar-refractivity contribution in [3.05, 3.63) is 77.3 Å². The Morgan fingerprint density at radius 3 is 2.52 bits per heavy atom. The molecule has 31 heavy (non-hydrogen) atoms. The molecule has 0 spiro atoms. The zero-order valence-electron chi connectivity index (χ0n) is 16.2. The second kappa shape index (κ2) is 8.54. The number of aryl methyl sites for hydroxylation is 1. The fourth-order valence-corrected chi connectivity index (χ4v) is 5.27. The van der Waals surface area contributed by atoms with Crippen LogP contribution in [0.2, 0.25) is 5.02 Å². The Balaban J connectivity index is 1.49. The molecule has 4 aromatic rings. The van der Waals surface area contributed by atoms with Gasteiger partial charge in [0, 0.05) is 5.69 Å². The minimum absolute atomic E-state index is 0.156. The molecule has 0 radical (unpaired) electrons. The van der Waals surface area contributed by atoms with Gasteiger partial charge >= 0.3 is 6.03 Å². The molecule has 1 aromatic heterocycles. The largest absolute Gasteiger partial charge is 0.323 e. The summed E-state index contributed by atoms with van der Waals surface area (Å²) in [6.45, 7) is 1.91. The molecule has 4 rings (SSSR count). The van der Waals surface area contributed by atoms with Gasteiger partial charge in [0.25, 0.3) is 10.0 Å². The number of fused-ring (bicyclic) bond motifs is 1. The topological polar surface area (TPSA) is 100 Å². The normalized spacial score (nSPS) is 11.3. The molecule has 7 nitrogen and oxygen atoms in total. The molecule has 0 aliphatic heterocycles. The second-order valence-corrected chi connectivity index (χ2v) is 9.80. The number of benzene rings is 3. The number of amides is 2. The highest BCUT2D eigenvalue weighted by Gasteiger charge is 2.16. The fraction of sp³-hybridized carbons (Fsp3) is 0.0476. The second-order valence-electron chi connectivity index (χ2n) is 6.68. The Morgan fingerprint density at radius 2 is 1.77 bits per heavy atom.